The summed E-state index contributed by atoms with van der Waals surface area (Å²) in [5, 5.41) is 0.202. The Morgan fingerprint density at radius 2 is 1.89 bits per heavy atom. The first-order chi connectivity index (χ1) is 8.56. The van der Waals surface area contributed by atoms with E-state index >= 15 is 0 Å². The molecule has 98 valence electrons. The molecule has 6 heteroatoms. The Labute approximate surface area is 125 Å². The number of halogens is 3. The first kappa shape index (κ1) is 13.0. The fraction of sp³-hybridized carbons (Fsp3) is 0.583. The van der Waals surface area contributed by atoms with Crippen LogP contribution in [0.3, 0.4) is 0 Å². The SMILES string of the molecule is O=C(c1cc(Cl)sc1Cl)N1C2CCC1CC(Cl)C2. The number of thiophene rings is 1. The average molecular weight is 325 g/mol. The zero-order valence-electron chi connectivity index (χ0n) is 9.54. The number of alkyl halides is 1. The minimum Gasteiger partial charge on any atom is -0.332 e. The molecule has 3 heterocycles. The summed E-state index contributed by atoms with van der Waals surface area (Å²) in [6, 6.07) is 2.21. The van der Waals surface area contributed by atoms with Crippen LogP contribution in [-0.4, -0.2) is 28.3 Å². The third kappa shape index (κ3) is 2.15. The van der Waals surface area contributed by atoms with E-state index < -0.39 is 0 Å². The molecular formula is C12H12Cl3NOS. The summed E-state index contributed by atoms with van der Waals surface area (Å²) in [7, 11) is 0. The Morgan fingerprint density at radius 1 is 1.28 bits per heavy atom. The van der Waals surface area contributed by atoms with Gasteiger partial charge in [0.1, 0.15) is 4.34 Å². The van der Waals surface area contributed by atoms with Crippen LogP contribution in [0, 0.1) is 0 Å². The topological polar surface area (TPSA) is 20.3 Å². The van der Waals surface area contributed by atoms with Crippen LogP contribution < -0.4 is 0 Å². The van der Waals surface area contributed by atoms with Crippen LogP contribution in [0.4, 0.5) is 0 Å². The Morgan fingerprint density at radius 3 is 2.39 bits per heavy atom. The average Bonchev–Trinajstić information content (AvgIpc) is 2.76. The van der Waals surface area contributed by atoms with Crippen molar-refractivity contribution in [3.05, 3.63) is 20.3 Å². The fourth-order valence-corrected chi connectivity index (χ4v) is 4.93. The largest absolute Gasteiger partial charge is 0.332 e. The van der Waals surface area contributed by atoms with Gasteiger partial charge in [0.2, 0.25) is 0 Å². The highest BCUT2D eigenvalue weighted by atomic mass is 35.5. The van der Waals surface area contributed by atoms with Gasteiger partial charge in [0.25, 0.3) is 5.91 Å². The van der Waals surface area contributed by atoms with E-state index in [9.17, 15) is 4.79 Å². The molecular weight excluding hydrogens is 313 g/mol. The predicted octanol–water partition coefficient (Wildman–Crippen LogP) is 4.43. The molecule has 0 aromatic carbocycles. The molecule has 18 heavy (non-hydrogen) atoms. The number of rotatable bonds is 1. The molecule has 1 aromatic heterocycles. The van der Waals surface area contributed by atoms with Gasteiger partial charge in [-0.1, -0.05) is 23.2 Å². The van der Waals surface area contributed by atoms with E-state index in [0.717, 1.165) is 25.7 Å². The summed E-state index contributed by atoms with van der Waals surface area (Å²) in [5.74, 6) is 0.0132. The molecule has 2 aliphatic rings. The number of piperidine rings is 1. The number of hydrogen-bond acceptors (Lipinski definition) is 2. The molecule has 3 rings (SSSR count). The van der Waals surface area contributed by atoms with E-state index in [0.29, 0.717) is 14.2 Å². The number of fused-ring (bicyclic) bond motifs is 2. The molecule has 0 N–H and O–H groups in total. The van der Waals surface area contributed by atoms with Gasteiger partial charge in [-0.25, -0.2) is 0 Å². The van der Waals surface area contributed by atoms with E-state index in [1.807, 2.05) is 4.90 Å². The molecule has 0 radical (unpaired) electrons. The lowest BCUT2D eigenvalue weighted by molar-refractivity contribution is 0.0600. The van der Waals surface area contributed by atoms with E-state index in [-0.39, 0.29) is 23.4 Å². The maximum Gasteiger partial charge on any atom is 0.256 e. The van der Waals surface area contributed by atoms with Crippen LogP contribution in [0.2, 0.25) is 8.67 Å². The van der Waals surface area contributed by atoms with E-state index in [2.05, 4.69) is 0 Å². The molecule has 1 aromatic rings. The number of carbonyl (C=O) groups excluding carboxylic acids is 1. The summed E-state index contributed by atoms with van der Waals surface area (Å²) >= 11 is 19.4. The zero-order valence-corrected chi connectivity index (χ0v) is 12.6. The maximum atomic E-state index is 12.5. The van der Waals surface area contributed by atoms with Gasteiger partial charge in [0, 0.05) is 17.5 Å². The summed E-state index contributed by atoms with van der Waals surface area (Å²) in [4.78, 5) is 14.5. The summed E-state index contributed by atoms with van der Waals surface area (Å²) in [6.07, 6.45) is 3.88. The monoisotopic (exact) mass is 323 g/mol. The van der Waals surface area contributed by atoms with Gasteiger partial charge >= 0.3 is 0 Å². The summed E-state index contributed by atoms with van der Waals surface area (Å²) in [6.45, 7) is 0. The maximum absolute atomic E-state index is 12.5. The highest BCUT2D eigenvalue weighted by Gasteiger charge is 2.43. The second kappa shape index (κ2) is 4.86. The van der Waals surface area contributed by atoms with Gasteiger partial charge in [-0.15, -0.1) is 22.9 Å². The van der Waals surface area contributed by atoms with Crippen molar-refractivity contribution in [3.8, 4) is 0 Å². The minimum atomic E-state index is 0.0132. The van der Waals surface area contributed by atoms with Gasteiger partial charge in [0.05, 0.1) is 9.90 Å². The van der Waals surface area contributed by atoms with Gasteiger partial charge in [0.15, 0.2) is 0 Å². The van der Waals surface area contributed by atoms with Crippen molar-refractivity contribution in [3.63, 3.8) is 0 Å². The van der Waals surface area contributed by atoms with Crippen molar-refractivity contribution in [2.75, 3.05) is 0 Å². The van der Waals surface area contributed by atoms with Crippen molar-refractivity contribution in [2.24, 2.45) is 0 Å². The van der Waals surface area contributed by atoms with Gasteiger partial charge in [-0.3, -0.25) is 4.79 Å². The molecule has 2 fully saturated rings. The Bertz CT molecular complexity index is 476. The Hall–Kier alpha value is 0.0400. The molecule has 2 bridgehead atoms. The first-order valence-electron chi connectivity index (χ1n) is 5.98. The van der Waals surface area contributed by atoms with Crippen molar-refractivity contribution >= 4 is 52.0 Å². The molecule has 0 aliphatic carbocycles. The molecule has 2 atom stereocenters. The predicted molar refractivity (Wildman–Crippen MR) is 76.2 cm³/mol. The quantitative estimate of drug-likeness (QED) is 0.700. The van der Waals surface area contributed by atoms with Crippen LogP contribution >= 0.6 is 46.1 Å². The zero-order chi connectivity index (χ0) is 12.9. The van der Waals surface area contributed by atoms with Crippen LogP contribution in [0.25, 0.3) is 0 Å². The minimum absolute atomic E-state index is 0.0132. The van der Waals surface area contributed by atoms with E-state index in [4.69, 9.17) is 34.8 Å². The normalized spacial score (nSPS) is 30.8. The van der Waals surface area contributed by atoms with Gasteiger partial charge < -0.3 is 4.90 Å². The van der Waals surface area contributed by atoms with Crippen LogP contribution in [-0.2, 0) is 0 Å². The lowest BCUT2D eigenvalue weighted by Gasteiger charge is -2.37. The molecule has 2 nitrogen and oxygen atoms in total. The van der Waals surface area contributed by atoms with Crippen molar-refractivity contribution in [1.29, 1.82) is 0 Å². The van der Waals surface area contributed by atoms with Crippen LogP contribution in [0.5, 0.6) is 0 Å². The lowest BCUT2D eigenvalue weighted by atomic mass is 10.0. The molecule has 1 amide bonds. The summed E-state index contributed by atoms with van der Waals surface area (Å²) < 4.78 is 1.04. The molecule has 2 unspecified atom stereocenters. The highest BCUT2D eigenvalue weighted by molar-refractivity contribution is 7.20. The smallest absolute Gasteiger partial charge is 0.256 e. The molecule has 2 aliphatic heterocycles. The lowest BCUT2D eigenvalue weighted by Crippen LogP contribution is -2.46. The second-order valence-electron chi connectivity index (χ2n) is 4.90. The molecule has 0 saturated carbocycles. The Kier molecular flexibility index (Phi) is 3.52. The first-order valence-corrected chi connectivity index (χ1v) is 7.98. The van der Waals surface area contributed by atoms with E-state index in [1.54, 1.807) is 6.07 Å². The fourth-order valence-electron chi connectivity index (χ4n) is 3.07. The second-order valence-corrected chi connectivity index (χ2v) is 7.81. The van der Waals surface area contributed by atoms with Crippen molar-refractivity contribution < 1.29 is 4.79 Å². The van der Waals surface area contributed by atoms with E-state index in [1.165, 1.54) is 11.3 Å². The standard InChI is InChI=1S/C12H12Cl3NOS/c13-6-3-7-1-2-8(4-6)16(7)12(17)9-5-10(14)18-11(9)15/h5-8H,1-4H2. The highest BCUT2D eigenvalue weighted by Crippen LogP contribution is 2.40. The number of nitrogens with zero attached hydrogens (tertiary/aromatic N) is 1. The molecule has 2 saturated heterocycles. The number of carbonyl (C=O) groups is 1. The third-order valence-electron chi connectivity index (χ3n) is 3.80. The van der Waals surface area contributed by atoms with Gasteiger partial charge in [-0.05, 0) is 31.7 Å². The van der Waals surface area contributed by atoms with Crippen LogP contribution in [0.15, 0.2) is 6.07 Å². The van der Waals surface area contributed by atoms with Crippen molar-refractivity contribution in [1.82, 2.24) is 4.90 Å². The van der Waals surface area contributed by atoms with Crippen molar-refractivity contribution in [2.45, 2.75) is 43.1 Å². The van der Waals surface area contributed by atoms with Crippen LogP contribution in [0.1, 0.15) is 36.0 Å². The molecule has 0 spiro atoms. The van der Waals surface area contributed by atoms with Gasteiger partial charge in [-0.2, -0.15) is 0 Å². The number of amides is 1. The number of hydrogen-bond donors (Lipinski definition) is 0. The Balaban J connectivity index is 1.88. The summed E-state index contributed by atoms with van der Waals surface area (Å²) in [5.41, 5.74) is 0.539. The third-order valence-corrected chi connectivity index (χ3v) is 5.64.